The van der Waals surface area contributed by atoms with E-state index in [4.69, 9.17) is 0 Å². The van der Waals surface area contributed by atoms with Crippen LogP contribution in [-0.2, 0) is 10.0 Å². The van der Waals surface area contributed by atoms with Crippen molar-refractivity contribution in [1.82, 2.24) is 9.29 Å². The summed E-state index contributed by atoms with van der Waals surface area (Å²) in [5, 5.41) is 3.36. The average Bonchev–Trinajstić information content (AvgIpc) is 2.42. The highest BCUT2D eigenvalue weighted by molar-refractivity contribution is 8.00. The van der Waals surface area contributed by atoms with E-state index in [0.717, 1.165) is 5.75 Å². The lowest BCUT2D eigenvalue weighted by atomic mass is 10.2. The van der Waals surface area contributed by atoms with Crippen molar-refractivity contribution in [3.05, 3.63) is 18.3 Å². The smallest absolute Gasteiger partial charge is 0.243 e. The second-order valence-corrected chi connectivity index (χ2v) is 8.22. The van der Waals surface area contributed by atoms with Crippen LogP contribution in [-0.4, -0.2) is 47.8 Å². The monoisotopic (exact) mass is 315 g/mol. The Hall–Kier alpha value is -0.790. The number of aromatic nitrogens is 1. The maximum Gasteiger partial charge on any atom is 0.243 e. The molecule has 1 fully saturated rings. The molecule has 0 bridgehead atoms. The van der Waals surface area contributed by atoms with Crippen molar-refractivity contribution >= 4 is 27.6 Å². The molecule has 1 N–H and O–H groups in total. The number of nitrogens with zero attached hydrogens (tertiary/aromatic N) is 2. The topological polar surface area (TPSA) is 62.3 Å². The van der Waals surface area contributed by atoms with Gasteiger partial charge in [0, 0.05) is 42.4 Å². The largest absolute Gasteiger partial charge is 0.370 e. The summed E-state index contributed by atoms with van der Waals surface area (Å²) in [5.41, 5.74) is 0. The van der Waals surface area contributed by atoms with Crippen LogP contribution in [0.25, 0.3) is 0 Å². The average molecular weight is 315 g/mol. The van der Waals surface area contributed by atoms with Gasteiger partial charge in [-0.15, -0.1) is 0 Å². The fourth-order valence-corrected chi connectivity index (χ4v) is 5.24. The van der Waals surface area contributed by atoms with Crippen LogP contribution in [0.1, 0.15) is 20.8 Å². The van der Waals surface area contributed by atoms with E-state index in [-0.39, 0.29) is 6.04 Å². The highest BCUT2D eigenvalue weighted by Gasteiger charge is 2.35. The third-order valence-corrected chi connectivity index (χ3v) is 6.84. The van der Waals surface area contributed by atoms with Gasteiger partial charge in [0.2, 0.25) is 10.0 Å². The molecule has 7 heteroatoms. The molecule has 0 amide bonds. The number of hydrogen-bond acceptors (Lipinski definition) is 5. The van der Waals surface area contributed by atoms with Crippen molar-refractivity contribution in [2.45, 2.75) is 37.0 Å². The quantitative estimate of drug-likeness (QED) is 0.921. The second-order valence-electron chi connectivity index (χ2n) is 4.84. The van der Waals surface area contributed by atoms with Gasteiger partial charge >= 0.3 is 0 Å². The lowest BCUT2D eigenvalue weighted by Crippen LogP contribution is -2.47. The zero-order valence-corrected chi connectivity index (χ0v) is 13.7. The van der Waals surface area contributed by atoms with Gasteiger partial charge in [-0.2, -0.15) is 16.1 Å². The van der Waals surface area contributed by atoms with Gasteiger partial charge in [0.1, 0.15) is 5.82 Å². The van der Waals surface area contributed by atoms with Gasteiger partial charge in [0.25, 0.3) is 0 Å². The van der Waals surface area contributed by atoms with Gasteiger partial charge in [-0.25, -0.2) is 13.4 Å². The molecule has 0 radical (unpaired) electrons. The number of hydrogen-bond donors (Lipinski definition) is 1. The summed E-state index contributed by atoms with van der Waals surface area (Å²) in [7, 11) is -3.44. The summed E-state index contributed by atoms with van der Waals surface area (Å²) in [4.78, 5) is 4.44. The number of nitrogens with one attached hydrogen (secondary N) is 1. The number of sulfonamides is 1. The molecule has 112 valence electrons. The van der Waals surface area contributed by atoms with E-state index in [9.17, 15) is 8.42 Å². The molecule has 1 aromatic rings. The van der Waals surface area contributed by atoms with Crippen LogP contribution in [0.5, 0.6) is 0 Å². The summed E-state index contributed by atoms with van der Waals surface area (Å²) in [6.45, 7) is 7.28. The molecule has 0 aromatic carbocycles. The fourth-order valence-electron chi connectivity index (χ4n) is 2.23. The lowest BCUT2D eigenvalue weighted by Gasteiger charge is -2.36. The minimum atomic E-state index is -3.44. The van der Waals surface area contributed by atoms with E-state index in [2.05, 4.69) is 17.2 Å². The fraction of sp³-hybridized carbons (Fsp3) is 0.615. The molecular weight excluding hydrogens is 294 g/mol. The molecule has 1 aliphatic rings. The van der Waals surface area contributed by atoms with Crippen molar-refractivity contribution in [1.29, 1.82) is 0 Å². The summed E-state index contributed by atoms with van der Waals surface area (Å²) in [6, 6.07) is 3.18. The molecule has 0 aliphatic carbocycles. The maximum absolute atomic E-state index is 12.8. The Balaban J connectivity index is 2.32. The molecule has 1 saturated heterocycles. The summed E-state index contributed by atoms with van der Waals surface area (Å²) < 4.78 is 27.1. The molecule has 2 rings (SSSR count). The van der Waals surface area contributed by atoms with E-state index in [1.54, 1.807) is 16.4 Å². The maximum atomic E-state index is 12.8. The van der Waals surface area contributed by atoms with Crippen molar-refractivity contribution in [3.63, 3.8) is 0 Å². The van der Waals surface area contributed by atoms with Crippen LogP contribution in [0.2, 0.25) is 0 Å². The zero-order valence-electron chi connectivity index (χ0n) is 12.0. The zero-order chi connectivity index (χ0) is 14.8. The summed E-state index contributed by atoms with van der Waals surface area (Å²) in [6.07, 6.45) is 1.54. The van der Waals surface area contributed by atoms with Crippen molar-refractivity contribution < 1.29 is 8.42 Å². The van der Waals surface area contributed by atoms with Crippen LogP contribution >= 0.6 is 11.8 Å². The molecule has 2 atom stereocenters. The van der Waals surface area contributed by atoms with Gasteiger partial charge < -0.3 is 5.32 Å². The third kappa shape index (κ3) is 3.10. The number of anilines is 1. The van der Waals surface area contributed by atoms with Crippen molar-refractivity contribution in [3.8, 4) is 0 Å². The molecule has 2 unspecified atom stereocenters. The lowest BCUT2D eigenvalue weighted by molar-refractivity contribution is 0.340. The highest BCUT2D eigenvalue weighted by Crippen LogP contribution is 2.29. The Morgan fingerprint density at radius 2 is 2.25 bits per heavy atom. The first-order chi connectivity index (χ1) is 9.46. The SMILES string of the molecule is CCNc1cc(S(=O)(=O)N2CCSC(C)C2C)ccn1. The van der Waals surface area contributed by atoms with Crippen LogP contribution in [0.3, 0.4) is 0 Å². The highest BCUT2D eigenvalue weighted by atomic mass is 32.2. The first-order valence-corrected chi connectivity index (χ1v) is 9.29. The summed E-state index contributed by atoms with van der Waals surface area (Å²) in [5.74, 6) is 1.44. The Labute approximate surface area is 125 Å². The van der Waals surface area contributed by atoms with Crippen LogP contribution in [0.4, 0.5) is 5.82 Å². The summed E-state index contributed by atoms with van der Waals surface area (Å²) >= 11 is 1.82. The molecule has 0 saturated carbocycles. The van der Waals surface area contributed by atoms with Gasteiger partial charge in [-0.1, -0.05) is 6.92 Å². The second kappa shape index (κ2) is 6.32. The Morgan fingerprint density at radius 1 is 1.50 bits per heavy atom. The Morgan fingerprint density at radius 3 is 2.95 bits per heavy atom. The molecule has 0 spiro atoms. The van der Waals surface area contributed by atoms with Crippen LogP contribution < -0.4 is 5.32 Å². The van der Waals surface area contributed by atoms with E-state index in [0.29, 0.717) is 29.1 Å². The van der Waals surface area contributed by atoms with Gasteiger partial charge in [-0.3, -0.25) is 0 Å². The van der Waals surface area contributed by atoms with Gasteiger partial charge in [0.15, 0.2) is 0 Å². The number of rotatable bonds is 4. The van der Waals surface area contributed by atoms with E-state index in [1.807, 2.05) is 25.6 Å². The Kier molecular flexibility index (Phi) is 4.93. The molecule has 1 aliphatic heterocycles. The van der Waals surface area contributed by atoms with Gasteiger partial charge in [0.05, 0.1) is 4.90 Å². The predicted molar refractivity (Wildman–Crippen MR) is 83.7 cm³/mol. The van der Waals surface area contributed by atoms with Crippen LogP contribution in [0.15, 0.2) is 23.2 Å². The molecule has 2 heterocycles. The molecule has 1 aromatic heterocycles. The minimum Gasteiger partial charge on any atom is -0.370 e. The molecule has 20 heavy (non-hydrogen) atoms. The minimum absolute atomic E-state index is 0.00880. The van der Waals surface area contributed by atoms with E-state index in [1.165, 1.54) is 6.20 Å². The Bertz CT molecular complexity index is 562. The molecule has 5 nitrogen and oxygen atoms in total. The first kappa shape index (κ1) is 15.6. The van der Waals surface area contributed by atoms with E-state index >= 15 is 0 Å². The third-order valence-electron chi connectivity index (χ3n) is 3.52. The van der Waals surface area contributed by atoms with Crippen molar-refractivity contribution in [2.75, 3.05) is 24.2 Å². The first-order valence-electron chi connectivity index (χ1n) is 6.80. The van der Waals surface area contributed by atoms with Crippen LogP contribution in [0, 0.1) is 0 Å². The standard InChI is InChI=1S/C13H21N3O2S2/c1-4-14-13-9-12(5-6-15-13)20(17,18)16-7-8-19-11(3)10(16)2/h5-6,9-11H,4,7-8H2,1-3H3,(H,14,15). The van der Waals surface area contributed by atoms with Crippen molar-refractivity contribution in [2.24, 2.45) is 0 Å². The van der Waals surface area contributed by atoms with Gasteiger partial charge in [-0.05, 0) is 19.9 Å². The molecular formula is C13H21N3O2S2. The van der Waals surface area contributed by atoms with E-state index < -0.39 is 10.0 Å². The normalized spacial score (nSPS) is 24.6. The number of pyridine rings is 1. The predicted octanol–water partition coefficient (Wildman–Crippen LogP) is 2.03. The number of thioether (sulfide) groups is 1.